The summed E-state index contributed by atoms with van der Waals surface area (Å²) in [5, 5.41) is 13.0. The topological polar surface area (TPSA) is 98.3 Å². The smallest absolute Gasteiger partial charge is 0.395 e. The molecule has 1 amide bonds. The predicted octanol–water partition coefficient (Wildman–Crippen LogP) is 2.45. The summed E-state index contributed by atoms with van der Waals surface area (Å²) >= 11 is 0. The molecule has 0 saturated heterocycles. The monoisotopic (exact) mass is 261 g/mol. The number of rotatable bonds is 3. The van der Waals surface area contributed by atoms with Crippen LogP contribution in [0, 0.1) is 24.0 Å². The normalized spacial score (nSPS) is 10.2. The molecule has 0 saturated carbocycles. The zero-order valence-electron chi connectivity index (χ0n) is 10.3. The fourth-order valence-corrected chi connectivity index (χ4v) is 1.63. The molecule has 0 aliphatic rings. The van der Waals surface area contributed by atoms with Gasteiger partial charge in [-0.05, 0) is 37.6 Å². The van der Waals surface area contributed by atoms with Crippen molar-refractivity contribution in [3.8, 4) is 0 Å². The summed E-state index contributed by atoms with van der Waals surface area (Å²) in [6.07, 6.45) is 0. The van der Waals surface area contributed by atoms with Crippen molar-refractivity contribution >= 4 is 17.6 Å². The van der Waals surface area contributed by atoms with Gasteiger partial charge in [0.15, 0.2) is 5.76 Å². The molecule has 0 aliphatic heterocycles. The molecule has 98 valence electrons. The van der Waals surface area contributed by atoms with E-state index in [1.807, 2.05) is 13.0 Å². The van der Waals surface area contributed by atoms with Gasteiger partial charge in [-0.15, -0.1) is 0 Å². The average Bonchev–Trinajstić information content (AvgIpc) is 2.76. The third-order valence-corrected chi connectivity index (χ3v) is 2.33. The maximum Gasteiger partial charge on any atom is 0.433 e. The zero-order chi connectivity index (χ0) is 14.0. The van der Waals surface area contributed by atoms with Crippen molar-refractivity contribution in [2.24, 2.45) is 0 Å². The number of aryl methyl sites for hydroxylation is 2. The summed E-state index contributed by atoms with van der Waals surface area (Å²) in [5.74, 6) is -0.807. The molecular formula is C12H11N3O4. The van der Waals surface area contributed by atoms with Gasteiger partial charge in [0.1, 0.15) is 10.7 Å². The van der Waals surface area contributed by atoms with E-state index in [9.17, 15) is 14.9 Å². The molecule has 0 aromatic carbocycles. The van der Waals surface area contributed by atoms with E-state index in [1.165, 1.54) is 6.07 Å². The van der Waals surface area contributed by atoms with Crippen LogP contribution in [0.15, 0.2) is 28.7 Å². The summed E-state index contributed by atoms with van der Waals surface area (Å²) < 4.78 is 4.80. The van der Waals surface area contributed by atoms with E-state index in [2.05, 4.69) is 10.3 Å². The quantitative estimate of drug-likeness (QED) is 0.675. The predicted molar refractivity (Wildman–Crippen MR) is 67.0 cm³/mol. The van der Waals surface area contributed by atoms with E-state index < -0.39 is 16.7 Å². The minimum absolute atomic E-state index is 0.132. The number of furan rings is 1. The first-order valence-electron chi connectivity index (χ1n) is 5.46. The Balaban J connectivity index is 2.18. The lowest BCUT2D eigenvalue weighted by Gasteiger charge is -2.04. The van der Waals surface area contributed by atoms with E-state index in [-0.39, 0.29) is 5.76 Å². The highest BCUT2D eigenvalue weighted by Gasteiger charge is 2.17. The molecule has 2 aromatic heterocycles. The van der Waals surface area contributed by atoms with Crippen molar-refractivity contribution in [2.45, 2.75) is 13.8 Å². The Hall–Kier alpha value is -2.70. The van der Waals surface area contributed by atoms with E-state index in [0.29, 0.717) is 5.82 Å². The van der Waals surface area contributed by atoms with Gasteiger partial charge in [-0.1, -0.05) is 0 Å². The van der Waals surface area contributed by atoms with Gasteiger partial charge in [0.25, 0.3) is 5.91 Å². The van der Waals surface area contributed by atoms with Crippen LogP contribution in [-0.2, 0) is 0 Å². The van der Waals surface area contributed by atoms with Crippen LogP contribution in [0.25, 0.3) is 0 Å². The number of nitrogens with one attached hydrogen (secondary N) is 1. The van der Waals surface area contributed by atoms with E-state index >= 15 is 0 Å². The Labute approximate surface area is 108 Å². The number of carbonyl (C=O) groups excluding carboxylic acids is 1. The van der Waals surface area contributed by atoms with Crippen LogP contribution in [0.4, 0.5) is 11.7 Å². The fourth-order valence-electron chi connectivity index (χ4n) is 1.63. The molecule has 7 heteroatoms. The summed E-state index contributed by atoms with van der Waals surface area (Å²) in [4.78, 5) is 25.7. The second-order valence-electron chi connectivity index (χ2n) is 4.02. The lowest BCUT2D eigenvalue weighted by Crippen LogP contribution is -2.12. The van der Waals surface area contributed by atoms with Crippen LogP contribution in [0.3, 0.4) is 0 Å². The van der Waals surface area contributed by atoms with Crippen LogP contribution < -0.4 is 5.32 Å². The number of nitro groups is 1. The molecule has 7 nitrogen and oxygen atoms in total. The number of amides is 1. The fraction of sp³-hybridized carbons (Fsp3) is 0.167. The first-order valence-corrected chi connectivity index (χ1v) is 5.46. The minimum Gasteiger partial charge on any atom is -0.395 e. The lowest BCUT2D eigenvalue weighted by atomic mass is 10.2. The Bertz CT molecular complexity index is 628. The highest BCUT2D eigenvalue weighted by Crippen LogP contribution is 2.17. The number of hydrogen-bond acceptors (Lipinski definition) is 5. The SMILES string of the molecule is Cc1cc(C)nc(NC(=O)c2ccc([N+](=O)[O-])o2)c1. The van der Waals surface area contributed by atoms with Gasteiger partial charge in [0, 0.05) is 5.69 Å². The van der Waals surface area contributed by atoms with Gasteiger partial charge >= 0.3 is 5.88 Å². The third kappa shape index (κ3) is 2.95. The second kappa shape index (κ2) is 4.89. The number of pyridine rings is 1. The van der Waals surface area contributed by atoms with Crippen molar-refractivity contribution in [1.29, 1.82) is 0 Å². The van der Waals surface area contributed by atoms with Crippen LogP contribution in [0.2, 0.25) is 0 Å². The summed E-state index contributed by atoms with van der Waals surface area (Å²) in [6, 6.07) is 5.94. The number of aromatic nitrogens is 1. The highest BCUT2D eigenvalue weighted by atomic mass is 16.6. The standard InChI is InChI=1S/C12H11N3O4/c1-7-5-8(2)13-10(6-7)14-12(16)9-3-4-11(19-9)15(17)18/h3-6H,1-2H3,(H,13,14,16). The molecule has 0 spiro atoms. The number of anilines is 1. The van der Waals surface area contributed by atoms with E-state index in [1.54, 1.807) is 13.0 Å². The van der Waals surface area contributed by atoms with Crippen molar-refractivity contribution in [2.75, 3.05) is 5.32 Å². The molecule has 0 fully saturated rings. The average molecular weight is 261 g/mol. The van der Waals surface area contributed by atoms with Gasteiger partial charge in [0.2, 0.25) is 0 Å². The molecule has 0 radical (unpaired) electrons. The number of nitrogens with zero attached hydrogens (tertiary/aromatic N) is 2. The van der Waals surface area contributed by atoms with Crippen molar-refractivity contribution in [3.05, 3.63) is 51.4 Å². The largest absolute Gasteiger partial charge is 0.433 e. The third-order valence-electron chi connectivity index (χ3n) is 2.33. The zero-order valence-corrected chi connectivity index (χ0v) is 10.3. The highest BCUT2D eigenvalue weighted by molar-refractivity contribution is 6.01. The Morgan fingerprint density at radius 1 is 1.37 bits per heavy atom. The maximum atomic E-state index is 11.8. The maximum absolute atomic E-state index is 11.8. The molecule has 0 unspecified atom stereocenters. The van der Waals surface area contributed by atoms with Gasteiger partial charge < -0.3 is 9.73 Å². The number of hydrogen-bond donors (Lipinski definition) is 1. The van der Waals surface area contributed by atoms with Crippen LogP contribution in [0.5, 0.6) is 0 Å². The first-order chi connectivity index (χ1) is 8.95. The van der Waals surface area contributed by atoms with Gasteiger partial charge in [0.05, 0.1) is 6.07 Å². The molecule has 0 bridgehead atoms. The Morgan fingerprint density at radius 2 is 2.11 bits per heavy atom. The van der Waals surface area contributed by atoms with E-state index in [4.69, 9.17) is 4.42 Å². The molecule has 2 rings (SSSR count). The van der Waals surface area contributed by atoms with Gasteiger partial charge in [-0.3, -0.25) is 14.9 Å². The first kappa shape index (κ1) is 12.7. The Kier molecular flexibility index (Phi) is 3.28. The van der Waals surface area contributed by atoms with Crippen molar-refractivity contribution in [3.63, 3.8) is 0 Å². The van der Waals surface area contributed by atoms with Crippen molar-refractivity contribution < 1.29 is 14.1 Å². The van der Waals surface area contributed by atoms with Gasteiger partial charge in [-0.2, -0.15) is 0 Å². The lowest BCUT2D eigenvalue weighted by molar-refractivity contribution is -0.402. The van der Waals surface area contributed by atoms with Crippen molar-refractivity contribution in [1.82, 2.24) is 4.98 Å². The Morgan fingerprint density at radius 3 is 2.68 bits per heavy atom. The molecule has 19 heavy (non-hydrogen) atoms. The van der Waals surface area contributed by atoms with Gasteiger partial charge in [-0.25, -0.2) is 4.98 Å². The molecule has 1 N–H and O–H groups in total. The van der Waals surface area contributed by atoms with E-state index in [0.717, 1.165) is 17.3 Å². The summed E-state index contributed by atoms with van der Waals surface area (Å²) in [7, 11) is 0. The number of carbonyl (C=O) groups is 1. The molecule has 2 aromatic rings. The van der Waals surface area contributed by atoms with Crippen LogP contribution in [0.1, 0.15) is 21.8 Å². The molecular weight excluding hydrogens is 250 g/mol. The molecule has 2 heterocycles. The summed E-state index contributed by atoms with van der Waals surface area (Å²) in [5.41, 5.74) is 1.72. The van der Waals surface area contributed by atoms with Crippen LogP contribution in [-0.4, -0.2) is 15.8 Å². The second-order valence-corrected chi connectivity index (χ2v) is 4.02. The minimum atomic E-state index is -0.703. The summed E-state index contributed by atoms with van der Waals surface area (Å²) in [6.45, 7) is 3.68. The molecule has 0 aliphatic carbocycles. The molecule has 0 atom stereocenters. The van der Waals surface area contributed by atoms with Crippen LogP contribution >= 0.6 is 0 Å².